The van der Waals surface area contributed by atoms with Crippen LogP contribution >= 0.6 is 11.8 Å². The number of hydrogen-bond acceptors (Lipinski definition) is 7. The van der Waals surface area contributed by atoms with Crippen LogP contribution in [0.1, 0.15) is 17.0 Å². The van der Waals surface area contributed by atoms with Crippen LogP contribution in [0.2, 0.25) is 0 Å². The van der Waals surface area contributed by atoms with E-state index in [4.69, 9.17) is 10.2 Å². The molecule has 130 valence electrons. The highest BCUT2D eigenvalue weighted by Crippen LogP contribution is 2.27. The van der Waals surface area contributed by atoms with Gasteiger partial charge >= 0.3 is 0 Å². The summed E-state index contributed by atoms with van der Waals surface area (Å²) in [7, 11) is 0. The summed E-state index contributed by atoms with van der Waals surface area (Å²) in [5.74, 6) is 2.13. The molecule has 0 bridgehead atoms. The number of anilines is 1. The zero-order valence-electron chi connectivity index (χ0n) is 14.4. The van der Waals surface area contributed by atoms with Crippen molar-refractivity contribution >= 4 is 28.5 Å². The summed E-state index contributed by atoms with van der Waals surface area (Å²) in [6.07, 6.45) is 0. The van der Waals surface area contributed by atoms with Crippen LogP contribution in [0.15, 0.2) is 52.1 Å². The average molecular weight is 363 g/mol. The number of rotatable bonds is 4. The molecule has 0 fully saturated rings. The second kappa shape index (κ2) is 6.76. The van der Waals surface area contributed by atoms with Gasteiger partial charge in [-0.15, -0.1) is 10.2 Å². The van der Waals surface area contributed by atoms with E-state index < -0.39 is 0 Å². The molecule has 0 aliphatic rings. The van der Waals surface area contributed by atoms with E-state index in [9.17, 15) is 0 Å². The number of thioether (sulfide) groups is 1. The average Bonchev–Trinajstić information content (AvgIpc) is 3.11. The van der Waals surface area contributed by atoms with Crippen molar-refractivity contribution < 1.29 is 4.42 Å². The van der Waals surface area contributed by atoms with Crippen molar-refractivity contribution in [1.29, 1.82) is 0 Å². The highest BCUT2D eigenvalue weighted by molar-refractivity contribution is 7.98. The highest BCUT2D eigenvalue weighted by Gasteiger charge is 2.12. The Hall–Kier alpha value is -2.93. The van der Waals surface area contributed by atoms with E-state index in [0.29, 0.717) is 28.5 Å². The summed E-state index contributed by atoms with van der Waals surface area (Å²) in [5, 5.41) is 9.58. The molecule has 0 amide bonds. The summed E-state index contributed by atoms with van der Waals surface area (Å²) >= 11 is 1.39. The second-order valence-corrected chi connectivity index (χ2v) is 6.93. The normalized spacial score (nSPS) is 11.2. The monoisotopic (exact) mass is 363 g/mol. The van der Waals surface area contributed by atoms with Gasteiger partial charge in [0.25, 0.3) is 5.22 Å². The van der Waals surface area contributed by atoms with Crippen LogP contribution < -0.4 is 5.73 Å². The summed E-state index contributed by atoms with van der Waals surface area (Å²) in [4.78, 5) is 8.89. The van der Waals surface area contributed by atoms with Crippen LogP contribution in [0, 0.1) is 13.8 Å². The van der Waals surface area contributed by atoms with Crippen LogP contribution in [0.25, 0.3) is 22.4 Å². The van der Waals surface area contributed by atoms with Gasteiger partial charge in [-0.3, -0.25) is 0 Å². The topological polar surface area (TPSA) is 90.7 Å². The lowest BCUT2D eigenvalue weighted by atomic mass is 10.1. The predicted octanol–water partition coefficient (Wildman–Crippen LogP) is 4.17. The lowest BCUT2D eigenvalue weighted by molar-refractivity contribution is 0.465. The van der Waals surface area contributed by atoms with Gasteiger partial charge in [-0.2, -0.15) is 0 Å². The summed E-state index contributed by atoms with van der Waals surface area (Å²) in [6, 6.07) is 13.8. The number of fused-ring (bicyclic) bond motifs is 1. The number of aryl methyl sites for hydroxylation is 2. The lowest BCUT2D eigenvalue weighted by Gasteiger charge is -2.03. The summed E-state index contributed by atoms with van der Waals surface area (Å²) < 4.78 is 5.76. The minimum atomic E-state index is 0.479. The van der Waals surface area contributed by atoms with Gasteiger partial charge < -0.3 is 10.2 Å². The molecule has 0 atom stereocenters. The molecule has 0 aliphatic carbocycles. The number of hydrogen-bond donors (Lipinski definition) is 1. The fourth-order valence-electron chi connectivity index (χ4n) is 2.60. The van der Waals surface area contributed by atoms with E-state index in [0.717, 1.165) is 16.5 Å². The summed E-state index contributed by atoms with van der Waals surface area (Å²) in [6.45, 7) is 4.13. The van der Waals surface area contributed by atoms with E-state index >= 15 is 0 Å². The van der Waals surface area contributed by atoms with E-state index in [-0.39, 0.29) is 0 Å². The predicted molar refractivity (Wildman–Crippen MR) is 103 cm³/mol. The second-order valence-electron chi connectivity index (χ2n) is 6.00. The first-order chi connectivity index (χ1) is 12.6. The Bertz CT molecular complexity index is 1090. The number of nitrogens with zero attached hydrogens (tertiary/aromatic N) is 4. The van der Waals surface area contributed by atoms with Crippen molar-refractivity contribution in [3.63, 3.8) is 0 Å². The van der Waals surface area contributed by atoms with Gasteiger partial charge in [0.2, 0.25) is 5.89 Å². The minimum Gasteiger partial charge on any atom is -0.411 e. The lowest BCUT2D eigenvalue weighted by Crippen LogP contribution is -1.99. The van der Waals surface area contributed by atoms with Crippen molar-refractivity contribution in [3.8, 4) is 11.5 Å². The molecule has 0 spiro atoms. The Morgan fingerprint density at radius 3 is 2.69 bits per heavy atom. The molecule has 2 heterocycles. The highest BCUT2D eigenvalue weighted by atomic mass is 32.2. The van der Waals surface area contributed by atoms with Crippen LogP contribution in [-0.4, -0.2) is 20.2 Å². The van der Waals surface area contributed by atoms with Gasteiger partial charge in [0, 0.05) is 10.9 Å². The fraction of sp³-hybridized carbons (Fsp3) is 0.158. The van der Waals surface area contributed by atoms with Crippen molar-refractivity contribution in [2.45, 2.75) is 24.8 Å². The van der Waals surface area contributed by atoms with Gasteiger partial charge in [-0.1, -0.05) is 30.0 Å². The standard InChI is InChI=1S/C19H17N5OS/c1-11-7-8-13(9-12(11)2)18-23-24-19(25-18)26-10-16-21-15-6-4-3-5-14(15)17(20)22-16/h3-9H,10H2,1-2H3,(H2,20,21,22). The van der Waals surface area contributed by atoms with Gasteiger partial charge in [-0.25, -0.2) is 9.97 Å². The molecular formula is C19H17N5OS. The molecule has 26 heavy (non-hydrogen) atoms. The zero-order chi connectivity index (χ0) is 18.1. The van der Waals surface area contributed by atoms with E-state index in [1.165, 1.54) is 22.9 Å². The number of benzene rings is 2. The van der Waals surface area contributed by atoms with Gasteiger partial charge in [0.05, 0.1) is 11.3 Å². The number of nitrogen functional groups attached to an aromatic ring is 1. The van der Waals surface area contributed by atoms with Crippen molar-refractivity contribution in [1.82, 2.24) is 20.2 Å². The van der Waals surface area contributed by atoms with E-state index in [1.54, 1.807) is 0 Å². The molecule has 0 unspecified atom stereocenters. The van der Waals surface area contributed by atoms with Crippen LogP contribution in [0.4, 0.5) is 5.82 Å². The summed E-state index contributed by atoms with van der Waals surface area (Å²) in [5.41, 5.74) is 10.2. The van der Waals surface area contributed by atoms with E-state index in [2.05, 4.69) is 34.0 Å². The SMILES string of the molecule is Cc1ccc(-c2nnc(SCc3nc(N)c4ccccc4n3)o2)cc1C. The molecule has 0 saturated heterocycles. The molecule has 2 aromatic carbocycles. The zero-order valence-corrected chi connectivity index (χ0v) is 15.2. The Morgan fingerprint density at radius 1 is 1.00 bits per heavy atom. The largest absolute Gasteiger partial charge is 0.411 e. The quantitative estimate of drug-likeness (QED) is 0.544. The molecule has 2 aromatic heterocycles. The Labute approximate surface area is 154 Å². The third-order valence-electron chi connectivity index (χ3n) is 4.16. The fourth-order valence-corrected chi connectivity index (χ4v) is 3.22. The molecule has 0 aliphatic heterocycles. The van der Waals surface area contributed by atoms with Crippen LogP contribution in [0.3, 0.4) is 0 Å². The maximum absolute atomic E-state index is 6.02. The molecule has 6 nitrogen and oxygen atoms in total. The van der Waals surface area contributed by atoms with Crippen molar-refractivity contribution in [2.75, 3.05) is 5.73 Å². The first-order valence-corrected chi connectivity index (χ1v) is 9.14. The molecule has 0 radical (unpaired) electrons. The van der Waals surface area contributed by atoms with Crippen molar-refractivity contribution in [2.24, 2.45) is 0 Å². The molecule has 0 saturated carbocycles. The van der Waals surface area contributed by atoms with Gasteiger partial charge in [0.15, 0.2) is 0 Å². The minimum absolute atomic E-state index is 0.479. The molecule has 4 rings (SSSR count). The Morgan fingerprint density at radius 2 is 1.85 bits per heavy atom. The molecule has 4 aromatic rings. The van der Waals surface area contributed by atoms with Crippen LogP contribution in [-0.2, 0) is 5.75 Å². The Kier molecular flexibility index (Phi) is 4.30. The number of aromatic nitrogens is 4. The van der Waals surface area contributed by atoms with Crippen molar-refractivity contribution in [3.05, 3.63) is 59.4 Å². The van der Waals surface area contributed by atoms with Gasteiger partial charge in [0.1, 0.15) is 11.6 Å². The Balaban J connectivity index is 1.52. The number of para-hydroxylation sites is 1. The number of nitrogens with two attached hydrogens (primary N) is 1. The third kappa shape index (κ3) is 3.25. The smallest absolute Gasteiger partial charge is 0.277 e. The molecule has 2 N–H and O–H groups in total. The van der Waals surface area contributed by atoms with Gasteiger partial charge in [-0.05, 0) is 49.2 Å². The first-order valence-electron chi connectivity index (χ1n) is 8.15. The first kappa shape index (κ1) is 16.5. The third-order valence-corrected chi connectivity index (χ3v) is 4.98. The molecule has 7 heteroatoms. The van der Waals surface area contributed by atoms with E-state index in [1.807, 2.05) is 42.5 Å². The maximum Gasteiger partial charge on any atom is 0.277 e. The van der Waals surface area contributed by atoms with Crippen LogP contribution in [0.5, 0.6) is 0 Å². The maximum atomic E-state index is 6.02. The molecular weight excluding hydrogens is 346 g/mol.